The Balaban J connectivity index is 2.14. The van der Waals surface area contributed by atoms with Crippen LogP contribution in [0.5, 0.6) is 0 Å². The Morgan fingerprint density at radius 1 is 1.30 bits per heavy atom. The van der Waals surface area contributed by atoms with Gasteiger partial charge in [0.25, 0.3) is 5.69 Å². The summed E-state index contributed by atoms with van der Waals surface area (Å²) in [4.78, 5) is 19.6. The van der Waals surface area contributed by atoms with Crippen molar-refractivity contribution >= 4 is 11.5 Å². The number of nitrogens with one attached hydrogen (secondary N) is 1. The van der Waals surface area contributed by atoms with E-state index in [-0.39, 0.29) is 5.69 Å². The molecule has 0 saturated heterocycles. The minimum atomic E-state index is -0.401. The molecular formula is C14H14N4O2. The van der Waals surface area contributed by atoms with E-state index in [0.29, 0.717) is 23.1 Å². The number of rotatable bonds is 4. The van der Waals surface area contributed by atoms with E-state index < -0.39 is 4.92 Å². The SMILES string of the molecule is CNc1cc(C2CC2)nc(-c2ccccc2[N+](=O)[O-])n1. The molecule has 0 amide bonds. The predicted molar refractivity (Wildman–Crippen MR) is 75.6 cm³/mol. The highest BCUT2D eigenvalue weighted by molar-refractivity contribution is 5.69. The molecule has 0 atom stereocenters. The van der Waals surface area contributed by atoms with E-state index in [4.69, 9.17) is 0 Å². The van der Waals surface area contributed by atoms with Crippen LogP contribution in [0.1, 0.15) is 24.5 Å². The van der Waals surface area contributed by atoms with Gasteiger partial charge < -0.3 is 5.32 Å². The second kappa shape index (κ2) is 4.88. The standard InChI is InChI=1S/C14H14N4O2/c1-15-13-8-11(9-6-7-9)16-14(17-13)10-4-2-3-5-12(10)18(19)20/h2-5,8-9H,6-7H2,1H3,(H,15,16,17). The topological polar surface area (TPSA) is 81.0 Å². The van der Waals surface area contributed by atoms with Crippen LogP contribution in [-0.2, 0) is 0 Å². The Kier molecular flexibility index (Phi) is 3.06. The molecule has 3 rings (SSSR count). The molecule has 0 bridgehead atoms. The summed E-state index contributed by atoms with van der Waals surface area (Å²) >= 11 is 0. The smallest absolute Gasteiger partial charge is 0.280 e. The lowest BCUT2D eigenvalue weighted by Gasteiger charge is -2.07. The van der Waals surface area contributed by atoms with Gasteiger partial charge in [-0.25, -0.2) is 9.97 Å². The molecule has 2 aromatic rings. The van der Waals surface area contributed by atoms with Crippen molar-refractivity contribution in [1.29, 1.82) is 0 Å². The van der Waals surface area contributed by atoms with Crippen molar-refractivity contribution in [3.8, 4) is 11.4 Å². The van der Waals surface area contributed by atoms with Crippen molar-refractivity contribution in [1.82, 2.24) is 9.97 Å². The lowest BCUT2D eigenvalue weighted by atomic mass is 10.1. The molecule has 0 aliphatic heterocycles. The number of para-hydroxylation sites is 1. The molecule has 1 aliphatic rings. The first-order valence-electron chi connectivity index (χ1n) is 6.49. The number of nitrogens with zero attached hydrogens (tertiary/aromatic N) is 3. The van der Waals surface area contributed by atoms with Gasteiger partial charge in [0.2, 0.25) is 0 Å². The van der Waals surface area contributed by atoms with Crippen LogP contribution in [0.25, 0.3) is 11.4 Å². The maximum absolute atomic E-state index is 11.1. The van der Waals surface area contributed by atoms with Crippen LogP contribution >= 0.6 is 0 Å². The van der Waals surface area contributed by atoms with Crippen LogP contribution < -0.4 is 5.32 Å². The molecule has 102 valence electrons. The number of aromatic nitrogens is 2. The van der Waals surface area contributed by atoms with Gasteiger partial charge in [-0.1, -0.05) is 12.1 Å². The van der Waals surface area contributed by atoms with E-state index in [2.05, 4.69) is 15.3 Å². The number of hydrogen-bond acceptors (Lipinski definition) is 5. The molecule has 6 heteroatoms. The highest BCUT2D eigenvalue weighted by Gasteiger charge is 2.27. The maximum atomic E-state index is 11.1. The van der Waals surface area contributed by atoms with Crippen molar-refractivity contribution in [2.24, 2.45) is 0 Å². The third-order valence-electron chi connectivity index (χ3n) is 3.34. The van der Waals surface area contributed by atoms with Crippen molar-refractivity contribution in [2.75, 3.05) is 12.4 Å². The molecule has 1 N–H and O–H groups in total. The number of hydrogen-bond donors (Lipinski definition) is 1. The minimum Gasteiger partial charge on any atom is -0.373 e. The lowest BCUT2D eigenvalue weighted by Crippen LogP contribution is -2.02. The first kappa shape index (κ1) is 12.5. The van der Waals surface area contributed by atoms with Crippen LogP contribution in [0, 0.1) is 10.1 Å². The Morgan fingerprint density at radius 2 is 2.05 bits per heavy atom. The zero-order valence-electron chi connectivity index (χ0n) is 11.0. The van der Waals surface area contributed by atoms with Gasteiger partial charge in [0.1, 0.15) is 5.82 Å². The van der Waals surface area contributed by atoms with Crippen molar-refractivity contribution in [2.45, 2.75) is 18.8 Å². The van der Waals surface area contributed by atoms with Crippen molar-refractivity contribution in [3.05, 3.63) is 46.1 Å². The summed E-state index contributed by atoms with van der Waals surface area (Å²) in [5.74, 6) is 1.56. The minimum absolute atomic E-state index is 0.0301. The molecule has 6 nitrogen and oxygen atoms in total. The summed E-state index contributed by atoms with van der Waals surface area (Å²) in [7, 11) is 1.78. The molecule has 1 aromatic heterocycles. The maximum Gasteiger partial charge on any atom is 0.280 e. The zero-order chi connectivity index (χ0) is 14.1. The average Bonchev–Trinajstić information content (AvgIpc) is 3.31. The largest absolute Gasteiger partial charge is 0.373 e. The third kappa shape index (κ3) is 2.32. The third-order valence-corrected chi connectivity index (χ3v) is 3.34. The lowest BCUT2D eigenvalue weighted by molar-refractivity contribution is -0.384. The number of nitro groups is 1. The first-order chi connectivity index (χ1) is 9.69. The molecule has 0 unspecified atom stereocenters. The molecular weight excluding hydrogens is 256 g/mol. The molecule has 1 heterocycles. The number of anilines is 1. The molecule has 20 heavy (non-hydrogen) atoms. The summed E-state index contributed by atoms with van der Waals surface area (Å²) in [5.41, 5.74) is 1.44. The van der Waals surface area contributed by atoms with Crippen molar-refractivity contribution < 1.29 is 4.92 Å². The highest BCUT2D eigenvalue weighted by Crippen LogP contribution is 2.40. The normalized spacial score (nSPS) is 14.1. The van der Waals surface area contributed by atoms with Gasteiger partial charge in [-0.15, -0.1) is 0 Å². The van der Waals surface area contributed by atoms with E-state index in [9.17, 15) is 10.1 Å². The van der Waals surface area contributed by atoms with Gasteiger partial charge in [0, 0.05) is 30.8 Å². The van der Waals surface area contributed by atoms with Gasteiger partial charge in [-0.3, -0.25) is 10.1 Å². The second-order valence-electron chi connectivity index (χ2n) is 4.80. The molecule has 1 aliphatic carbocycles. The molecule has 0 spiro atoms. The molecule has 1 aromatic carbocycles. The van der Waals surface area contributed by atoms with E-state index in [1.54, 1.807) is 25.2 Å². The summed E-state index contributed by atoms with van der Waals surface area (Å²) in [6.07, 6.45) is 2.24. The van der Waals surface area contributed by atoms with Crippen LogP contribution in [0.15, 0.2) is 30.3 Å². The predicted octanol–water partition coefficient (Wildman–Crippen LogP) is 2.97. The quantitative estimate of drug-likeness (QED) is 0.682. The fraction of sp³-hybridized carbons (Fsp3) is 0.286. The number of nitro benzene ring substituents is 1. The van der Waals surface area contributed by atoms with Gasteiger partial charge >= 0.3 is 0 Å². The summed E-state index contributed by atoms with van der Waals surface area (Å²) < 4.78 is 0. The fourth-order valence-electron chi connectivity index (χ4n) is 2.12. The van der Waals surface area contributed by atoms with Crippen molar-refractivity contribution in [3.63, 3.8) is 0 Å². The summed E-state index contributed by atoms with van der Waals surface area (Å²) in [6.45, 7) is 0. The highest BCUT2D eigenvalue weighted by atomic mass is 16.6. The van der Waals surface area contributed by atoms with Crippen LogP contribution in [0.2, 0.25) is 0 Å². The first-order valence-corrected chi connectivity index (χ1v) is 6.49. The van der Waals surface area contributed by atoms with Gasteiger partial charge in [0.05, 0.1) is 10.5 Å². The monoisotopic (exact) mass is 270 g/mol. The Hall–Kier alpha value is -2.50. The zero-order valence-corrected chi connectivity index (χ0v) is 11.0. The second-order valence-corrected chi connectivity index (χ2v) is 4.80. The van der Waals surface area contributed by atoms with Crippen LogP contribution in [0.4, 0.5) is 11.5 Å². The Bertz CT molecular complexity index is 668. The van der Waals surface area contributed by atoms with Gasteiger partial charge in [-0.2, -0.15) is 0 Å². The summed E-state index contributed by atoms with van der Waals surface area (Å²) in [6, 6.07) is 8.47. The Morgan fingerprint density at radius 3 is 2.70 bits per heavy atom. The number of benzene rings is 1. The molecule has 1 saturated carbocycles. The fourth-order valence-corrected chi connectivity index (χ4v) is 2.12. The Labute approximate surface area is 116 Å². The van der Waals surface area contributed by atoms with E-state index in [0.717, 1.165) is 18.5 Å². The van der Waals surface area contributed by atoms with E-state index >= 15 is 0 Å². The molecule has 0 radical (unpaired) electrons. The average molecular weight is 270 g/mol. The molecule has 1 fully saturated rings. The van der Waals surface area contributed by atoms with Gasteiger partial charge in [-0.05, 0) is 18.9 Å². The van der Waals surface area contributed by atoms with Crippen LogP contribution in [0.3, 0.4) is 0 Å². The van der Waals surface area contributed by atoms with E-state index in [1.165, 1.54) is 6.07 Å². The van der Waals surface area contributed by atoms with E-state index in [1.807, 2.05) is 6.07 Å². The van der Waals surface area contributed by atoms with Gasteiger partial charge in [0.15, 0.2) is 5.82 Å². The summed E-state index contributed by atoms with van der Waals surface area (Å²) in [5, 5.41) is 14.1. The van der Waals surface area contributed by atoms with Crippen LogP contribution in [-0.4, -0.2) is 21.9 Å².